The molecule has 0 aliphatic carbocycles. The highest BCUT2D eigenvalue weighted by atomic mass is 32.2. The Morgan fingerprint density at radius 3 is 2.58 bits per heavy atom. The molecule has 1 atom stereocenters. The molecule has 7 heteroatoms. The van der Waals surface area contributed by atoms with E-state index in [1.54, 1.807) is 11.8 Å². The number of ether oxygens (including phenoxy) is 1. The van der Waals surface area contributed by atoms with Crippen molar-refractivity contribution in [2.45, 2.75) is 26.3 Å². The smallest absolute Gasteiger partial charge is 0.326 e. The van der Waals surface area contributed by atoms with Crippen molar-refractivity contribution in [1.29, 1.82) is 0 Å². The second-order valence-electron chi connectivity index (χ2n) is 4.54. The number of thioether (sulfide) groups is 1. The van der Waals surface area contributed by atoms with Crippen LogP contribution in [-0.4, -0.2) is 54.9 Å². The van der Waals surface area contributed by atoms with Gasteiger partial charge in [0.25, 0.3) is 0 Å². The third-order valence-corrected chi connectivity index (χ3v) is 2.84. The summed E-state index contributed by atoms with van der Waals surface area (Å²) in [6.45, 7) is 5.53. The number of hydrogen-bond acceptors (Lipinski definition) is 4. The lowest BCUT2D eigenvalue weighted by molar-refractivity contribution is -0.139. The van der Waals surface area contributed by atoms with E-state index in [4.69, 9.17) is 9.84 Å². The molecule has 0 aliphatic heterocycles. The monoisotopic (exact) mass is 292 g/mol. The van der Waals surface area contributed by atoms with E-state index in [9.17, 15) is 9.59 Å². The first kappa shape index (κ1) is 18.0. The van der Waals surface area contributed by atoms with Crippen LogP contribution in [0.5, 0.6) is 0 Å². The third kappa shape index (κ3) is 10.6. The van der Waals surface area contributed by atoms with Gasteiger partial charge in [0, 0.05) is 13.2 Å². The van der Waals surface area contributed by atoms with Gasteiger partial charge in [-0.2, -0.15) is 11.8 Å². The zero-order chi connectivity index (χ0) is 14.7. The number of nitrogens with one attached hydrogen (secondary N) is 2. The highest BCUT2D eigenvalue weighted by Crippen LogP contribution is 2.00. The Hall–Kier alpha value is -0.950. The molecule has 0 rings (SSSR count). The molecule has 0 aromatic carbocycles. The topological polar surface area (TPSA) is 87.7 Å². The van der Waals surface area contributed by atoms with Crippen molar-refractivity contribution in [1.82, 2.24) is 10.6 Å². The van der Waals surface area contributed by atoms with E-state index in [1.807, 2.05) is 20.1 Å². The van der Waals surface area contributed by atoms with Crippen LogP contribution in [-0.2, 0) is 9.53 Å². The summed E-state index contributed by atoms with van der Waals surface area (Å²) in [5.41, 5.74) is 0. The number of urea groups is 1. The van der Waals surface area contributed by atoms with Crippen molar-refractivity contribution in [2.24, 2.45) is 5.92 Å². The first-order valence-electron chi connectivity index (χ1n) is 6.31. The quantitative estimate of drug-likeness (QED) is 0.526. The van der Waals surface area contributed by atoms with E-state index in [1.165, 1.54) is 0 Å². The maximum Gasteiger partial charge on any atom is 0.326 e. The number of aliphatic carboxylic acids is 1. The van der Waals surface area contributed by atoms with Gasteiger partial charge >= 0.3 is 12.0 Å². The van der Waals surface area contributed by atoms with Gasteiger partial charge in [0.2, 0.25) is 0 Å². The Kier molecular flexibility index (Phi) is 10.4. The molecular formula is C12H24N2O4S. The fourth-order valence-electron chi connectivity index (χ4n) is 1.26. The number of hydrogen-bond donors (Lipinski definition) is 3. The first-order valence-corrected chi connectivity index (χ1v) is 7.70. The van der Waals surface area contributed by atoms with Crippen LogP contribution in [0.1, 0.15) is 20.3 Å². The average molecular weight is 292 g/mol. The van der Waals surface area contributed by atoms with E-state index < -0.39 is 18.0 Å². The third-order valence-electron chi connectivity index (χ3n) is 2.20. The largest absolute Gasteiger partial charge is 0.480 e. The second kappa shape index (κ2) is 10.9. The van der Waals surface area contributed by atoms with Crippen molar-refractivity contribution < 1.29 is 19.4 Å². The van der Waals surface area contributed by atoms with Gasteiger partial charge in [-0.15, -0.1) is 0 Å². The molecule has 0 saturated heterocycles. The molecule has 19 heavy (non-hydrogen) atoms. The van der Waals surface area contributed by atoms with Crippen LogP contribution in [0, 0.1) is 5.92 Å². The van der Waals surface area contributed by atoms with Gasteiger partial charge in [0.1, 0.15) is 6.04 Å². The number of amides is 2. The van der Waals surface area contributed by atoms with Gasteiger partial charge in [-0.3, -0.25) is 0 Å². The van der Waals surface area contributed by atoms with Gasteiger partial charge < -0.3 is 20.5 Å². The number of carboxylic acids is 1. The van der Waals surface area contributed by atoms with Crippen molar-refractivity contribution in [2.75, 3.05) is 31.8 Å². The molecular weight excluding hydrogens is 268 g/mol. The molecule has 0 bridgehead atoms. The molecule has 0 spiro atoms. The molecule has 0 fully saturated rings. The number of carboxylic acid groups (broad SMARTS) is 1. The lowest BCUT2D eigenvalue weighted by Gasteiger charge is -2.14. The summed E-state index contributed by atoms with van der Waals surface area (Å²) in [5.74, 6) is 0.131. The highest BCUT2D eigenvalue weighted by Gasteiger charge is 2.18. The summed E-state index contributed by atoms with van der Waals surface area (Å²) in [6.07, 6.45) is 2.30. The van der Waals surface area contributed by atoms with Crippen molar-refractivity contribution in [3.63, 3.8) is 0 Å². The van der Waals surface area contributed by atoms with Crippen LogP contribution >= 0.6 is 11.8 Å². The van der Waals surface area contributed by atoms with Crippen LogP contribution < -0.4 is 10.6 Å². The van der Waals surface area contributed by atoms with Gasteiger partial charge in [-0.25, -0.2) is 9.59 Å². The van der Waals surface area contributed by atoms with Gasteiger partial charge in [-0.1, -0.05) is 13.8 Å². The minimum Gasteiger partial charge on any atom is -0.480 e. The van der Waals surface area contributed by atoms with E-state index in [2.05, 4.69) is 10.6 Å². The minimum absolute atomic E-state index is 0.368. The highest BCUT2D eigenvalue weighted by molar-refractivity contribution is 7.98. The number of carbonyl (C=O) groups is 2. The van der Waals surface area contributed by atoms with Crippen molar-refractivity contribution in [3.8, 4) is 0 Å². The molecule has 0 aromatic heterocycles. The summed E-state index contributed by atoms with van der Waals surface area (Å²) >= 11 is 1.55. The number of rotatable bonds is 10. The predicted octanol–water partition coefficient (Wildman–Crippen LogP) is 1.16. The van der Waals surface area contributed by atoms with Gasteiger partial charge in [-0.05, 0) is 24.3 Å². The van der Waals surface area contributed by atoms with Crippen LogP contribution in [0.15, 0.2) is 0 Å². The molecule has 6 nitrogen and oxygen atoms in total. The van der Waals surface area contributed by atoms with E-state index in [0.29, 0.717) is 37.9 Å². The first-order chi connectivity index (χ1) is 8.97. The molecule has 112 valence electrons. The zero-order valence-electron chi connectivity index (χ0n) is 11.8. The fourth-order valence-corrected chi connectivity index (χ4v) is 1.73. The lowest BCUT2D eigenvalue weighted by atomic mass is 10.2. The van der Waals surface area contributed by atoms with Gasteiger partial charge in [0.05, 0.1) is 6.61 Å². The van der Waals surface area contributed by atoms with Crippen LogP contribution in [0.2, 0.25) is 0 Å². The Bertz CT molecular complexity index is 274. The molecule has 0 aromatic rings. The summed E-state index contributed by atoms with van der Waals surface area (Å²) in [5, 5.41) is 13.9. The Balaban J connectivity index is 3.77. The molecule has 3 N–H and O–H groups in total. The van der Waals surface area contributed by atoms with Gasteiger partial charge in [0.15, 0.2) is 0 Å². The predicted molar refractivity (Wildman–Crippen MR) is 76.6 cm³/mol. The van der Waals surface area contributed by atoms with E-state index in [0.717, 1.165) is 0 Å². The lowest BCUT2D eigenvalue weighted by Crippen LogP contribution is -2.47. The Morgan fingerprint density at radius 2 is 2.05 bits per heavy atom. The van der Waals surface area contributed by atoms with Crippen molar-refractivity contribution in [3.05, 3.63) is 0 Å². The zero-order valence-corrected chi connectivity index (χ0v) is 12.6. The summed E-state index contributed by atoms with van der Waals surface area (Å²) < 4.78 is 5.30. The van der Waals surface area contributed by atoms with Crippen molar-refractivity contribution >= 4 is 23.8 Å². The summed E-state index contributed by atoms with van der Waals surface area (Å²) in [7, 11) is 0. The maximum atomic E-state index is 11.5. The maximum absolute atomic E-state index is 11.5. The summed E-state index contributed by atoms with van der Waals surface area (Å²) in [6, 6.07) is -1.31. The van der Waals surface area contributed by atoms with Crippen LogP contribution in [0.3, 0.4) is 0 Å². The van der Waals surface area contributed by atoms with Crippen LogP contribution in [0.4, 0.5) is 4.79 Å². The molecule has 0 saturated carbocycles. The molecule has 2 amide bonds. The van der Waals surface area contributed by atoms with Crippen LogP contribution in [0.25, 0.3) is 0 Å². The standard InChI is InChI=1S/C12H24N2O4S/c1-9(2)8-18-6-5-13-12(17)14-10(11(15)16)4-7-19-3/h9-10H,4-8H2,1-3H3,(H,15,16)(H2,13,14,17)/t10-/m1/s1. The second-order valence-corrected chi connectivity index (χ2v) is 5.53. The van der Waals surface area contributed by atoms with E-state index >= 15 is 0 Å². The SMILES string of the molecule is CSCC[C@@H](NC(=O)NCCOCC(C)C)C(=O)O. The summed E-state index contributed by atoms with van der Waals surface area (Å²) in [4.78, 5) is 22.4. The molecule has 0 heterocycles. The molecule has 0 radical (unpaired) electrons. The minimum atomic E-state index is -1.01. The van der Waals surface area contributed by atoms with E-state index in [-0.39, 0.29) is 0 Å². The molecule has 0 unspecified atom stereocenters. The molecule has 0 aliphatic rings. The Morgan fingerprint density at radius 1 is 1.37 bits per heavy atom. The Labute approximate surface area is 118 Å². The average Bonchev–Trinajstić information content (AvgIpc) is 2.33. The number of carbonyl (C=O) groups excluding carboxylic acids is 1. The normalized spacial score (nSPS) is 12.2. The fraction of sp³-hybridized carbons (Fsp3) is 0.833.